The second-order valence-corrected chi connectivity index (χ2v) is 14.5. The Kier molecular flexibility index (Phi) is 5.19. The largest absolute Gasteiger partial charge is 0.392 e. The molecule has 182 valence electrons. The molecule has 0 bridgehead atoms. The molecule has 0 amide bonds. The van der Waals surface area contributed by atoms with E-state index < -0.39 is 0 Å². The van der Waals surface area contributed by atoms with Crippen LogP contribution in [-0.4, -0.2) is 22.4 Å². The molecule has 0 heterocycles. The maximum Gasteiger partial charge on any atom is 0.0629 e. The van der Waals surface area contributed by atoms with Crippen LogP contribution >= 0.6 is 0 Å². The second kappa shape index (κ2) is 7.09. The third-order valence-corrected chi connectivity index (χ3v) is 13.1. The van der Waals surface area contributed by atoms with Gasteiger partial charge in [0.2, 0.25) is 0 Å². The van der Waals surface area contributed by atoms with Crippen LogP contribution in [0, 0.1) is 50.7 Å². The fourth-order valence-electron chi connectivity index (χ4n) is 11.1. The molecule has 10 atom stereocenters. The van der Waals surface area contributed by atoms with Crippen molar-refractivity contribution < 1.29 is 10.2 Å². The van der Waals surface area contributed by atoms with Crippen molar-refractivity contribution in [3.63, 3.8) is 0 Å². The van der Waals surface area contributed by atoms with Crippen LogP contribution in [0.1, 0.15) is 113 Å². The summed E-state index contributed by atoms with van der Waals surface area (Å²) in [5, 5.41) is 22.3. The maximum atomic E-state index is 11.4. The molecular formula is C30H50O2. The Morgan fingerprint density at radius 3 is 2.28 bits per heavy atom. The fraction of sp³-hybridized carbons (Fsp3) is 0.933. The first-order valence-electron chi connectivity index (χ1n) is 13.9. The van der Waals surface area contributed by atoms with Gasteiger partial charge in [0, 0.05) is 11.8 Å². The van der Waals surface area contributed by atoms with Gasteiger partial charge in [0.25, 0.3) is 0 Å². The van der Waals surface area contributed by atoms with Crippen LogP contribution in [-0.2, 0) is 0 Å². The summed E-state index contributed by atoms with van der Waals surface area (Å²) in [6.45, 7) is 16.9. The summed E-state index contributed by atoms with van der Waals surface area (Å²) in [6, 6.07) is 0. The molecule has 2 heteroatoms. The highest BCUT2D eigenvalue weighted by molar-refractivity contribution is 5.32. The molecule has 32 heavy (non-hydrogen) atoms. The highest BCUT2D eigenvalue weighted by Gasteiger charge is 2.84. The normalized spacial score (nSPS) is 54.0. The SMILES string of the molecule is CC(C)=CCC[C@@H](C)[C@H]1CC[C@@]2(C)[C@@H]3CC[C@H]4C(C)(C)[C@@H](O)C[C@H](O)[C@@]45C[C@@]35CC[C@]12C. The van der Waals surface area contributed by atoms with E-state index in [-0.39, 0.29) is 23.0 Å². The first-order valence-corrected chi connectivity index (χ1v) is 13.9. The third-order valence-electron chi connectivity index (χ3n) is 13.1. The Morgan fingerprint density at radius 1 is 0.906 bits per heavy atom. The Hall–Kier alpha value is -0.340. The number of allylic oxidation sites excluding steroid dienone is 2. The topological polar surface area (TPSA) is 40.5 Å². The van der Waals surface area contributed by atoms with Crippen LogP contribution in [0.3, 0.4) is 0 Å². The number of aliphatic hydroxyl groups excluding tert-OH is 2. The molecule has 5 aliphatic carbocycles. The number of fused-ring (bicyclic) bond motifs is 2. The van der Waals surface area contributed by atoms with Crippen molar-refractivity contribution in [2.24, 2.45) is 50.7 Å². The third kappa shape index (κ3) is 2.66. The molecule has 5 saturated carbocycles. The smallest absolute Gasteiger partial charge is 0.0629 e. The summed E-state index contributed by atoms with van der Waals surface area (Å²) >= 11 is 0. The van der Waals surface area contributed by atoms with Crippen molar-refractivity contribution in [3.8, 4) is 0 Å². The maximum absolute atomic E-state index is 11.4. The summed E-state index contributed by atoms with van der Waals surface area (Å²) in [7, 11) is 0. The van der Waals surface area contributed by atoms with Crippen molar-refractivity contribution in [3.05, 3.63) is 11.6 Å². The van der Waals surface area contributed by atoms with E-state index in [1.54, 1.807) is 0 Å². The minimum atomic E-state index is -0.357. The van der Waals surface area contributed by atoms with Gasteiger partial charge in [-0.15, -0.1) is 0 Å². The lowest BCUT2D eigenvalue weighted by molar-refractivity contribution is -0.195. The Balaban J connectivity index is 1.43. The standard InChI is InChI=1S/C30H50O2/c1-19(2)9-8-10-20(3)21-13-14-28(7)23-12-11-22-26(4,5)24(31)17-25(32)30(22)18-29(23,30)16-15-27(21,28)6/h9,20-25,31-32H,8,10-18H2,1-7H3/t20-,21-,22+,23+,24+,25+,27-,28+,29+,30-/m1/s1. The molecule has 0 aromatic heterocycles. The number of hydrogen-bond donors (Lipinski definition) is 2. The highest BCUT2D eigenvalue weighted by atomic mass is 16.3. The predicted molar refractivity (Wildman–Crippen MR) is 132 cm³/mol. The van der Waals surface area contributed by atoms with Gasteiger partial charge in [0.15, 0.2) is 0 Å². The summed E-state index contributed by atoms with van der Waals surface area (Å²) < 4.78 is 0. The molecule has 0 aromatic rings. The minimum absolute atomic E-state index is 0.0625. The first-order chi connectivity index (χ1) is 14.9. The van der Waals surface area contributed by atoms with Gasteiger partial charge in [-0.25, -0.2) is 0 Å². The molecule has 0 radical (unpaired) electrons. The van der Waals surface area contributed by atoms with E-state index in [0.29, 0.717) is 28.6 Å². The number of aliphatic hydroxyl groups is 2. The van der Waals surface area contributed by atoms with E-state index in [1.807, 2.05) is 0 Å². The van der Waals surface area contributed by atoms with E-state index in [1.165, 1.54) is 63.4 Å². The van der Waals surface area contributed by atoms with Crippen molar-refractivity contribution in [2.45, 2.75) is 125 Å². The average Bonchev–Trinajstić information content (AvgIpc) is 3.32. The molecule has 2 nitrogen and oxygen atoms in total. The van der Waals surface area contributed by atoms with Crippen LogP contribution in [0.15, 0.2) is 11.6 Å². The molecule has 0 aliphatic heterocycles. The van der Waals surface area contributed by atoms with E-state index in [4.69, 9.17) is 0 Å². The van der Waals surface area contributed by atoms with Crippen LogP contribution < -0.4 is 0 Å². The zero-order chi connectivity index (χ0) is 23.3. The van der Waals surface area contributed by atoms with Gasteiger partial charge < -0.3 is 10.2 Å². The Bertz CT molecular complexity index is 795. The van der Waals surface area contributed by atoms with Crippen molar-refractivity contribution in [2.75, 3.05) is 0 Å². The number of rotatable bonds is 4. The van der Waals surface area contributed by atoms with Crippen molar-refractivity contribution in [1.82, 2.24) is 0 Å². The minimum Gasteiger partial charge on any atom is -0.392 e. The average molecular weight is 443 g/mol. The molecule has 5 rings (SSSR count). The van der Waals surface area contributed by atoms with E-state index in [0.717, 1.165) is 17.8 Å². The highest BCUT2D eigenvalue weighted by Crippen LogP contribution is 2.89. The summed E-state index contributed by atoms with van der Waals surface area (Å²) in [5.41, 5.74) is 2.69. The molecule has 2 spiro atoms. The summed E-state index contributed by atoms with van der Waals surface area (Å²) in [4.78, 5) is 0. The van der Waals surface area contributed by atoms with Crippen LogP contribution in [0.4, 0.5) is 0 Å². The van der Waals surface area contributed by atoms with Crippen LogP contribution in [0.2, 0.25) is 0 Å². The van der Waals surface area contributed by atoms with Gasteiger partial charge in [-0.05, 0) is 117 Å². The van der Waals surface area contributed by atoms with E-state index >= 15 is 0 Å². The molecule has 5 fully saturated rings. The van der Waals surface area contributed by atoms with Crippen molar-refractivity contribution >= 4 is 0 Å². The van der Waals surface area contributed by atoms with Crippen molar-refractivity contribution in [1.29, 1.82) is 0 Å². The van der Waals surface area contributed by atoms with Gasteiger partial charge >= 0.3 is 0 Å². The van der Waals surface area contributed by atoms with E-state index in [2.05, 4.69) is 54.5 Å². The van der Waals surface area contributed by atoms with Crippen LogP contribution in [0.5, 0.6) is 0 Å². The quantitative estimate of drug-likeness (QED) is 0.454. The van der Waals surface area contributed by atoms with Gasteiger partial charge in [0.1, 0.15) is 0 Å². The molecule has 0 saturated heterocycles. The Morgan fingerprint density at radius 2 is 1.59 bits per heavy atom. The predicted octanol–water partition coefficient (Wildman–Crippen LogP) is 7.14. The van der Waals surface area contributed by atoms with Crippen LogP contribution in [0.25, 0.3) is 0 Å². The molecular weight excluding hydrogens is 392 g/mol. The molecule has 5 aliphatic rings. The van der Waals surface area contributed by atoms with Gasteiger partial charge in [-0.3, -0.25) is 0 Å². The molecule has 2 N–H and O–H groups in total. The first kappa shape index (κ1) is 23.4. The van der Waals surface area contributed by atoms with Gasteiger partial charge in [-0.1, -0.05) is 46.3 Å². The van der Waals surface area contributed by atoms with Gasteiger partial charge in [0.05, 0.1) is 12.2 Å². The molecule has 0 aromatic carbocycles. The fourth-order valence-corrected chi connectivity index (χ4v) is 11.1. The lowest BCUT2D eigenvalue weighted by atomic mass is 9.41. The van der Waals surface area contributed by atoms with Gasteiger partial charge in [-0.2, -0.15) is 0 Å². The summed E-state index contributed by atoms with van der Waals surface area (Å²) in [6.07, 6.45) is 14.1. The lowest BCUT2D eigenvalue weighted by Gasteiger charge is -2.64. The lowest BCUT2D eigenvalue weighted by Crippen LogP contribution is -2.61. The van der Waals surface area contributed by atoms with E-state index in [9.17, 15) is 10.2 Å². The zero-order valence-corrected chi connectivity index (χ0v) is 22.0. The Labute approximate surface area is 197 Å². The number of hydrogen-bond acceptors (Lipinski definition) is 2. The monoisotopic (exact) mass is 442 g/mol. The zero-order valence-electron chi connectivity index (χ0n) is 22.0. The summed E-state index contributed by atoms with van der Waals surface area (Å²) in [5.74, 6) is 2.89. The molecule has 0 unspecified atom stereocenters. The second-order valence-electron chi connectivity index (χ2n) is 14.5.